The van der Waals surface area contributed by atoms with Crippen LogP contribution in [-0.2, 0) is 6.61 Å². The molecule has 12 heavy (non-hydrogen) atoms. The number of nitrogens with one attached hydrogen (secondary N) is 2. The van der Waals surface area contributed by atoms with E-state index in [2.05, 4.69) is 25.1 Å². The van der Waals surface area contributed by atoms with E-state index in [0.717, 1.165) is 0 Å². The van der Waals surface area contributed by atoms with Crippen LogP contribution in [0.25, 0.3) is 11.6 Å². The Morgan fingerprint density at radius 1 is 1.33 bits per heavy atom. The number of hydrogen-bond acceptors (Lipinski definition) is 4. The molecule has 0 unspecified atom stereocenters. The van der Waals surface area contributed by atoms with Gasteiger partial charge in [0.2, 0.25) is 0 Å². The van der Waals surface area contributed by atoms with Gasteiger partial charge in [-0.2, -0.15) is 5.10 Å². The van der Waals surface area contributed by atoms with Crippen molar-refractivity contribution in [3.8, 4) is 11.6 Å². The number of imidazole rings is 1. The molecule has 3 N–H and O–H groups in total. The third-order valence-electron chi connectivity index (χ3n) is 1.44. The normalized spacial score (nSPS) is 10.4. The average molecular weight is 165 g/mol. The van der Waals surface area contributed by atoms with Crippen LogP contribution >= 0.6 is 0 Å². The second kappa shape index (κ2) is 2.74. The Hall–Kier alpha value is -1.69. The lowest BCUT2D eigenvalue weighted by atomic mass is 10.5. The fraction of sp³-hybridized carbons (Fsp3) is 0.167. The van der Waals surface area contributed by atoms with Crippen LogP contribution in [0.3, 0.4) is 0 Å². The maximum atomic E-state index is 8.73. The van der Waals surface area contributed by atoms with Gasteiger partial charge in [0.1, 0.15) is 6.33 Å². The first-order valence-electron chi connectivity index (χ1n) is 3.40. The summed E-state index contributed by atoms with van der Waals surface area (Å²) in [6, 6.07) is 0. The molecule has 2 rings (SSSR count). The predicted octanol–water partition coefficient (Wildman–Crippen LogP) is -0.313. The van der Waals surface area contributed by atoms with Crippen LogP contribution in [0.5, 0.6) is 0 Å². The minimum absolute atomic E-state index is 0.0544. The molecule has 0 aliphatic heterocycles. The summed E-state index contributed by atoms with van der Waals surface area (Å²) in [4.78, 5) is 10.7. The van der Waals surface area contributed by atoms with Gasteiger partial charge < -0.3 is 10.1 Å². The Balaban J connectivity index is 2.35. The molecule has 0 fully saturated rings. The third-order valence-corrected chi connectivity index (χ3v) is 1.44. The van der Waals surface area contributed by atoms with Gasteiger partial charge in [0.15, 0.2) is 11.6 Å². The topological polar surface area (TPSA) is 90.5 Å². The Bertz CT molecular complexity index is 352. The van der Waals surface area contributed by atoms with Gasteiger partial charge in [0.25, 0.3) is 0 Å². The van der Waals surface area contributed by atoms with Gasteiger partial charge in [-0.25, -0.2) is 9.97 Å². The number of aliphatic hydroxyl groups is 1. The number of hydrogen-bond donors (Lipinski definition) is 3. The zero-order valence-electron chi connectivity index (χ0n) is 6.15. The van der Waals surface area contributed by atoms with Crippen molar-refractivity contribution in [2.75, 3.05) is 0 Å². The van der Waals surface area contributed by atoms with Crippen molar-refractivity contribution in [3.63, 3.8) is 0 Å². The van der Waals surface area contributed by atoms with Crippen LogP contribution in [-0.4, -0.2) is 30.3 Å². The average Bonchev–Trinajstić information content (AvgIpc) is 2.75. The van der Waals surface area contributed by atoms with E-state index in [1.807, 2.05) is 0 Å². The number of aromatic amines is 2. The molecule has 0 aliphatic carbocycles. The minimum atomic E-state index is -0.0544. The molecular formula is C6H7N5O. The van der Waals surface area contributed by atoms with E-state index in [1.54, 1.807) is 6.20 Å². The summed E-state index contributed by atoms with van der Waals surface area (Å²) in [6.45, 7) is -0.0544. The highest BCUT2D eigenvalue weighted by Crippen LogP contribution is 2.07. The number of aromatic nitrogens is 5. The first-order valence-corrected chi connectivity index (χ1v) is 3.40. The molecule has 0 atom stereocenters. The molecule has 0 saturated heterocycles. The fourth-order valence-corrected chi connectivity index (χ4v) is 0.879. The second-order valence-corrected chi connectivity index (χ2v) is 2.25. The highest BCUT2D eigenvalue weighted by molar-refractivity contribution is 5.41. The Morgan fingerprint density at radius 3 is 2.83 bits per heavy atom. The molecular weight excluding hydrogens is 158 g/mol. The van der Waals surface area contributed by atoms with E-state index in [0.29, 0.717) is 17.3 Å². The summed E-state index contributed by atoms with van der Waals surface area (Å²) < 4.78 is 0. The molecule has 6 nitrogen and oxygen atoms in total. The van der Waals surface area contributed by atoms with Crippen LogP contribution in [0.2, 0.25) is 0 Å². The lowest BCUT2D eigenvalue weighted by Gasteiger charge is -1.87. The van der Waals surface area contributed by atoms with E-state index in [-0.39, 0.29) is 6.61 Å². The molecule has 2 aromatic rings. The van der Waals surface area contributed by atoms with E-state index in [9.17, 15) is 0 Å². The maximum Gasteiger partial charge on any atom is 0.191 e. The zero-order chi connectivity index (χ0) is 8.39. The van der Waals surface area contributed by atoms with E-state index in [1.165, 1.54) is 6.33 Å². The van der Waals surface area contributed by atoms with Gasteiger partial charge in [-0.15, -0.1) is 0 Å². The van der Waals surface area contributed by atoms with Gasteiger partial charge >= 0.3 is 0 Å². The number of rotatable bonds is 2. The van der Waals surface area contributed by atoms with Crippen molar-refractivity contribution in [2.24, 2.45) is 0 Å². The maximum absolute atomic E-state index is 8.73. The smallest absolute Gasteiger partial charge is 0.191 e. The molecule has 2 aromatic heterocycles. The van der Waals surface area contributed by atoms with Gasteiger partial charge in [-0.3, -0.25) is 5.10 Å². The van der Waals surface area contributed by atoms with Crippen LogP contribution in [0.4, 0.5) is 0 Å². The third kappa shape index (κ3) is 1.08. The molecule has 6 heteroatoms. The molecule has 62 valence electrons. The molecule has 0 aromatic carbocycles. The largest absolute Gasteiger partial charge is 0.390 e. The molecule has 0 aliphatic rings. The van der Waals surface area contributed by atoms with Gasteiger partial charge in [-0.05, 0) is 0 Å². The summed E-state index contributed by atoms with van der Waals surface area (Å²) in [5.74, 6) is 1.14. The molecule has 2 heterocycles. The summed E-state index contributed by atoms with van der Waals surface area (Å²) in [7, 11) is 0. The number of H-pyrrole nitrogens is 2. The van der Waals surface area contributed by atoms with Crippen LogP contribution in [0.15, 0.2) is 12.5 Å². The molecule has 0 spiro atoms. The molecule has 0 amide bonds. The summed E-state index contributed by atoms with van der Waals surface area (Å²) >= 11 is 0. The van der Waals surface area contributed by atoms with E-state index >= 15 is 0 Å². The Labute approximate surface area is 67.7 Å². The first-order chi connectivity index (χ1) is 5.90. The second-order valence-electron chi connectivity index (χ2n) is 2.25. The van der Waals surface area contributed by atoms with Gasteiger partial charge in [0, 0.05) is 0 Å². The monoisotopic (exact) mass is 165 g/mol. The Kier molecular flexibility index (Phi) is 1.60. The van der Waals surface area contributed by atoms with Crippen LogP contribution in [0.1, 0.15) is 5.69 Å². The lowest BCUT2D eigenvalue weighted by molar-refractivity contribution is 0.277. The number of nitrogens with zero attached hydrogens (tertiary/aromatic N) is 3. The van der Waals surface area contributed by atoms with E-state index in [4.69, 9.17) is 5.11 Å². The summed E-state index contributed by atoms with van der Waals surface area (Å²) in [5.41, 5.74) is 0.654. The first kappa shape index (κ1) is 6.99. The quantitative estimate of drug-likeness (QED) is 0.569. The minimum Gasteiger partial charge on any atom is -0.390 e. The van der Waals surface area contributed by atoms with Crippen molar-refractivity contribution >= 4 is 0 Å². The van der Waals surface area contributed by atoms with Crippen molar-refractivity contribution < 1.29 is 5.11 Å². The fourth-order valence-electron chi connectivity index (χ4n) is 0.879. The highest BCUT2D eigenvalue weighted by atomic mass is 16.3. The van der Waals surface area contributed by atoms with Crippen LogP contribution in [0, 0.1) is 0 Å². The van der Waals surface area contributed by atoms with Crippen molar-refractivity contribution in [1.29, 1.82) is 0 Å². The molecule has 0 radical (unpaired) electrons. The summed E-state index contributed by atoms with van der Waals surface area (Å²) in [5, 5.41) is 15.1. The van der Waals surface area contributed by atoms with Crippen molar-refractivity contribution in [1.82, 2.24) is 25.1 Å². The van der Waals surface area contributed by atoms with E-state index < -0.39 is 0 Å². The van der Waals surface area contributed by atoms with Gasteiger partial charge in [-0.1, -0.05) is 0 Å². The SMILES string of the molecule is OCc1cnc(-c2ncn[nH]2)[nH]1. The van der Waals surface area contributed by atoms with Gasteiger partial charge in [0.05, 0.1) is 18.5 Å². The molecule has 0 bridgehead atoms. The lowest BCUT2D eigenvalue weighted by Crippen LogP contribution is -1.85. The summed E-state index contributed by atoms with van der Waals surface area (Å²) in [6.07, 6.45) is 2.95. The van der Waals surface area contributed by atoms with Crippen molar-refractivity contribution in [2.45, 2.75) is 6.61 Å². The Morgan fingerprint density at radius 2 is 2.25 bits per heavy atom. The zero-order valence-corrected chi connectivity index (χ0v) is 6.15. The predicted molar refractivity (Wildman–Crippen MR) is 39.9 cm³/mol. The van der Waals surface area contributed by atoms with Crippen molar-refractivity contribution in [3.05, 3.63) is 18.2 Å². The number of aliphatic hydroxyl groups excluding tert-OH is 1. The van der Waals surface area contributed by atoms with Crippen LogP contribution < -0.4 is 0 Å². The molecule has 0 saturated carbocycles. The standard InChI is InChI=1S/C6H7N5O/c12-2-4-1-7-5(10-4)6-8-3-9-11-6/h1,3,12H,2H2,(H,7,10)(H,8,9,11). The highest BCUT2D eigenvalue weighted by Gasteiger charge is 2.04.